The number of hydrogen-bond donors (Lipinski definition) is 1. The highest BCUT2D eigenvalue weighted by Crippen LogP contribution is 2.45. The zero-order valence-corrected chi connectivity index (χ0v) is 12.7. The van der Waals surface area contributed by atoms with E-state index in [1.807, 2.05) is 0 Å². The van der Waals surface area contributed by atoms with Gasteiger partial charge in [-0.25, -0.2) is 0 Å². The molecule has 1 aliphatic carbocycles. The summed E-state index contributed by atoms with van der Waals surface area (Å²) in [5, 5.41) is 11.9. The first-order chi connectivity index (χ1) is 9.07. The molecular weight excluding hydrogens is 238 g/mol. The van der Waals surface area contributed by atoms with E-state index in [0.717, 1.165) is 24.7 Å². The summed E-state index contributed by atoms with van der Waals surface area (Å²) < 4.78 is 6.00. The van der Waals surface area contributed by atoms with Crippen LogP contribution in [0.25, 0.3) is 0 Å². The highest BCUT2D eigenvalue weighted by Gasteiger charge is 2.41. The standard InChI is InChI=1S/C15H27N3O/c1-5-16-12(4)13-17-18-14(19-13)15(10-11(2)3)8-6-7-9-15/h11-12,16H,5-10H2,1-4H3. The average Bonchev–Trinajstić information content (AvgIpc) is 2.97. The number of nitrogens with zero attached hydrogens (tertiary/aromatic N) is 2. The Bertz CT molecular complexity index is 394. The van der Waals surface area contributed by atoms with Crippen molar-refractivity contribution in [3.63, 3.8) is 0 Å². The van der Waals surface area contributed by atoms with Gasteiger partial charge in [-0.05, 0) is 38.6 Å². The SMILES string of the molecule is CCNC(C)c1nnc(C2(CC(C)C)CCCC2)o1. The molecule has 1 fully saturated rings. The molecule has 4 heteroatoms. The molecule has 108 valence electrons. The lowest BCUT2D eigenvalue weighted by molar-refractivity contribution is 0.261. The van der Waals surface area contributed by atoms with E-state index in [1.54, 1.807) is 0 Å². The molecule has 0 bridgehead atoms. The number of aromatic nitrogens is 2. The molecule has 0 spiro atoms. The first-order valence-electron chi connectivity index (χ1n) is 7.64. The van der Waals surface area contributed by atoms with Crippen LogP contribution in [0.5, 0.6) is 0 Å². The summed E-state index contributed by atoms with van der Waals surface area (Å²) in [6, 6.07) is 0.142. The van der Waals surface area contributed by atoms with Crippen LogP contribution in [0.1, 0.15) is 77.6 Å². The van der Waals surface area contributed by atoms with Crippen LogP contribution in [0.3, 0.4) is 0 Å². The van der Waals surface area contributed by atoms with E-state index in [-0.39, 0.29) is 11.5 Å². The second kappa shape index (κ2) is 6.04. The fourth-order valence-corrected chi connectivity index (χ4v) is 3.36. The predicted octanol–water partition coefficient (Wildman–Crippen LogP) is 3.60. The molecule has 2 rings (SSSR count). The topological polar surface area (TPSA) is 51.0 Å². The van der Waals surface area contributed by atoms with Gasteiger partial charge in [-0.15, -0.1) is 10.2 Å². The summed E-state index contributed by atoms with van der Waals surface area (Å²) in [5.41, 5.74) is 0.144. The Kier molecular flexibility index (Phi) is 4.61. The molecule has 0 aliphatic heterocycles. The van der Waals surface area contributed by atoms with Crippen molar-refractivity contribution in [2.24, 2.45) is 5.92 Å². The molecule has 0 radical (unpaired) electrons. The van der Waals surface area contributed by atoms with E-state index in [2.05, 4.69) is 43.2 Å². The Morgan fingerprint density at radius 3 is 2.47 bits per heavy atom. The highest BCUT2D eigenvalue weighted by atomic mass is 16.4. The molecule has 0 saturated heterocycles. The van der Waals surface area contributed by atoms with Gasteiger partial charge in [0.1, 0.15) is 0 Å². The Hall–Kier alpha value is -0.900. The van der Waals surface area contributed by atoms with Crippen LogP contribution in [0, 0.1) is 5.92 Å². The zero-order valence-electron chi connectivity index (χ0n) is 12.7. The molecule has 1 unspecified atom stereocenters. The summed E-state index contributed by atoms with van der Waals surface area (Å²) >= 11 is 0. The van der Waals surface area contributed by atoms with Crippen LogP contribution < -0.4 is 5.32 Å². The van der Waals surface area contributed by atoms with Gasteiger partial charge < -0.3 is 9.73 Å². The molecule has 19 heavy (non-hydrogen) atoms. The van der Waals surface area contributed by atoms with E-state index in [0.29, 0.717) is 5.92 Å². The third-order valence-electron chi connectivity index (χ3n) is 4.13. The maximum absolute atomic E-state index is 6.00. The largest absolute Gasteiger partial charge is 0.423 e. The maximum Gasteiger partial charge on any atom is 0.233 e. The zero-order chi connectivity index (χ0) is 13.9. The van der Waals surface area contributed by atoms with Crippen molar-refractivity contribution in [2.75, 3.05) is 6.54 Å². The van der Waals surface area contributed by atoms with Gasteiger partial charge in [0.2, 0.25) is 11.8 Å². The van der Waals surface area contributed by atoms with Gasteiger partial charge in [0.25, 0.3) is 0 Å². The molecule has 4 nitrogen and oxygen atoms in total. The molecule has 0 aromatic carbocycles. The molecular formula is C15H27N3O. The molecule has 1 N–H and O–H groups in total. The lowest BCUT2D eigenvalue weighted by Gasteiger charge is -2.26. The summed E-state index contributed by atoms with van der Waals surface area (Å²) in [6.45, 7) is 9.63. The normalized spacial score (nSPS) is 20.1. The monoisotopic (exact) mass is 265 g/mol. The van der Waals surface area contributed by atoms with Crippen LogP contribution in [0.4, 0.5) is 0 Å². The third kappa shape index (κ3) is 3.16. The minimum Gasteiger partial charge on any atom is -0.423 e. The van der Waals surface area contributed by atoms with E-state index in [1.165, 1.54) is 25.7 Å². The van der Waals surface area contributed by atoms with E-state index >= 15 is 0 Å². The van der Waals surface area contributed by atoms with Crippen molar-refractivity contribution in [2.45, 2.75) is 71.3 Å². The van der Waals surface area contributed by atoms with Gasteiger partial charge in [-0.3, -0.25) is 0 Å². The van der Waals surface area contributed by atoms with Crippen molar-refractivity contribution in [1.29, 1.82) is 0 Å². The van der Waals surface area contributed by atoms with Crippen LogP contribution in [0.15, 0.2) is 4.42 Å². The summed E-state index contributed by atoms with van der Waals surface area (Å²) in [4.78, 5) is 0. The average molecular weight is 265 g/mol. The van der Waals surface area contributed by atoms with E-state index in [4.69, 9.17) is 4.42 Å². The van der Waals surface area contributed by atoms with Gasteiger partial charge in [0.15, 0.2) is 0 Å². The first-order valence-corrected chi connectivity index (χ1v) is 7.64. The summed E-state index contributed by atoms with van der Waals surface area (Å²) in [6.07, 6.45) is 6.12. The van der Waals surface area contributed by atoms with Gasteiger partial charge >= 0.3 is 0 Å². The van der Waals surface area contributed by atoms with E-state index in [9.17, 15) is 0 Å². The fraction of sp³-hybridized carbons (Fsp3) is 0.867. The molecule has 1 aromatic heterocycles. The van der Waals surface area contributed by atoms with Gasteiger partial charge in [-0.1, -0.05) is 33.6 Å². The Morgan fingerprint density at radius 2 is 1.89 bits per heavy atom. The lowest BCUT2D eigenvalue weighted by atomic mass is 9.78. The van der Waals surface area contributed by atoms with Gasteiger partial charge in [-0.2, -0.15) is 0 Å². The molecule has 1 heterocycles. The first kappa shape index (κ1) is 14.5. The van der Waals surface area contributed by atoms with Crippen molar-refractivity contribution >= 4 is 0 Å². The second-order valence-electron chi connectivity index (χ2n) is 6.31. The van der Waals surface area contributed by atoms with Crippen molar-refractivity contribution in [3.05, 3.63) is 11.8 Å². The molecule has 1 aliphatic rings. The van der Waals surface area contributed by atoms with Crippen LogP contribution in [-0.2, 0) is 5.41 Å². The van der Waals surface area contributed by atoms with Gasteiger partial charge in [0.05, 0.1) is 6.04 Å². The molecule has 1 aromatic rings. The molecule has 1 atom stereocenters. The van der Waals surface area contributed by atoms with Crippen molar-refractivity contribution < 1.29 is 4.42 Å². The summed E-state index contributed by atoms with van der Waals surface area (Å²) in [5.74, 6) is 2.27. The van der Waals surface area contributed by atoms with Crippen molar-refractivity contribution in [1.82, 2.24) is 15.5 Å². The van der Waals surface area contributed by atoms with Crippen LogP contribution in [0.2, 0.25) is 0 Å². The molecule has 0 amide bonds. The second-order valence-corrected chi connectivity index (χ2v) is 6.31. The van der Waals surface area contributed by atoms with Gasteiger partial charge in [0, 0.05) is 5.41 Å². The smallest absolute Gasteiger partial charge is 0.233 e. The third-order valence-corrected chi connectivity index (χ3v) is 4.13. The molecule has 1 saturated carbocycles. The Balaban J connectivity index is 2.18. The summed E-state index contributed by atoms with van der Waals surface area (Å²) in [7, 11) is 0. The Morgan fingerprint density at radius 1 is 1.21 bits per heavy atom. The Labute approximate surface area is 116 Å². The maximum atomic E-state index is 6.00. The number of rotatable bonds is 6. The minimum atomic E-state index is 0.142. The highest BCUT2D eigenvalue weighted by molar-refractivity contribution is 5.08. The number of hydrogen-bond acceptors (Lipinski definition) is 4. The van der Waals surface area contributed by atoms with Crippen LogP contribution in [-0.4, -0.2) is 16.7 Å². The fourth-order valence-electron chi connectivity index (χ4n) is 3.36. The lowest BCUT2D eigenvalue weighted by Crippen LogP contribution is -2.25. The van der Waals surface area contributed by atoms with E-state index < -0.39 is 0 Å². The predicted molar refractivity (Wildman–Crippen MR) is 76.0 cm³/mol. The van der Waals surface area contributed by atoms with Crippen molar-refractivity contribution in [3.8, 4) is 0 Å². The number of nitrogens with one attached hydrogen (secondary N) is 1. The quantitative estimate of drug-likeness (QED) is 0.854. The minimum absolute atomic E-state index is 0.142. The van der Waals surface area contributed by atoms with Crippen LogP contribution >= 0.6 is 0 Å².